The predicted molar refractivity (Wildman–Crippen MR) is 72.3 cm³/mol. The number of ketones is 1. The number of benzene rings is 1. The molecule has 0 saturated carbocycles. The van der Waals surface area contributed by atoms with Gasteiger partial charge in [0.15, 0.2) is 5.76 Å². The number of aromatic nitrogens is 2. The molecule has 0 atom stereocenters. The van der Waals surface area contributed by atoms with E-state index in [9.17, 15) is 4.79 Å². The zero-order chi connectivity index (χ0) is 13.6. The molecule has 0 unspecified atom stereocenters. The minimum absolute atomic E-state index is 0.126. The molecule has 19 heavy (non-hydrogen) atoms. The van der Waals surface area contributed by atoms with Gasteiger partial charge in [0.05, 0.1) is 11.8 Å². The molecule has 0 bridgehead atoms. The average molecular weight is 254 g/mol. The highest BCUT2D eigenvalue weighted by Gasteiger charge is 2.18. The van der Waals surface area contributed by atoms with Gasteiger partial charge in [0.1, 0.15) is 5.58 Å². The molecular formula is C15H14N2O2. The van der Waals surface area contributed by atoms with E-state index in [-0.39, 0.29) is 5.78 Å². The molecule has 0 aliphatic heterocycles. The SMILES string of the molecule is Cc1ccc2oc(C(=O)c3cnn(C)c3C)cc2c1. The van der Waals surface area contributed by atoms with Crippen molar-refractivity contribution in [3.8, 4) is 0 Å². The molecule has 1 aromatic carbocycles. The Bertz CT molecular complexity index is 781. The van der Waals surface area contributed by atoms with Crippen molar-refractivity contribution in [3.05, 3.63) is 53.0 Å². The van der Waals surface area contributed by atoms with Gasteiger partial charge in [0.25, 0.3) is 0 Å². The summed E-state index contributed by atoms with van der Waals surface area (Å²) >= 11 is 0. The van der Waals surface area contributed by atoms with E-state index in [1.54, 1.807) is 16.9 Å². The van der Waals surface area contributed by atoms with E-state index >= 15 is 0 Å². The van der Waals surface area contributed by atoms with E-state index in [1.165, 1.54) is 0 Å². The quantitative estimate of drug-likeness (QED) is 0.660. The third-order valence-corrected chi connectivity index (χ3v) is 3.38. The van der Waals surface area contributed by atoms with Crippen LogP contribution >= 0.6 is 0 Å². The normalized spacial score (nSPS) is 11.1. The van der Waals surface area contributed by atoms with E-state index in [0.717, 1.165) is 22.2 Å². The number of carbonyl (C=O) groups excluding carboxylic acids is 1. The largest absolute Gasteiger partial charge is 0.453 e. The highest BCUT2D eigenvalue weighted by atomic mass is 16.3. The standard InChI is InChI=1S/C15H14N2O2/c1-9-4-5-13-11(6-9)7-14(19-13)15(18)12-8-16-17(3)10(12)2/h4-8H,1-3H3. The van der Waals surface area contributed by atoms with Gasteiger partial charge in [-0.1, -0.05) is 11.6 Å². The number of nitrogens with zero attached hydrogens (tertiary/aromatic N) is 2. The van der Waals surface area contributed by atoms with Crippen molar-refractivity contribution in [3.63, 3.8) is 0 Å². The van der Waals surface area contributed by atoms with Crippen LogP contribution in [0, 0.1) is 13.8 Å². The van der Waals surface area contributed by atoms with Crippen molar-refractivity contribution in [2.45, 2.75) is 13.8 Å². The average Bonchev–Trinajstić information content (AvgIpc) is 2.93. The number of fused-ring (bicyclic) bond motifs is 1. The van der Waals surface area contributed by atoms with Gasteiger partial charge >= 0.3 is 0 Å². The fraction of sp³-hybridized carbons (Fsp3) is 0.200. The number of carbonyl (C=O) groups is 1. The molecule has 0 amide bonds. The maximum atomic E-state index is 12.4. The van der Waals surface area contributed by atoms with E-state index in [4.69, 9.17) is 4.42 Å². The van der Waals surface area contributed by atoms with Crippen LogP contribution in [0.5, 0.6) is 0 Å². The smallest absolute Gasteiger partial charge is 0.231 e. The second kappa shape index (κ2) is 4.09. The molecule has 0 N–H and O–H groups in total. The van der Waals surface area contributed by atoms with Gasteiger partial charge < -0.3 is 4.42 Å². The van der Waals surface area contributed by atoms with E-state index < -0.39 is 0 Å². The van der Waals surface area contributed by atoms with Crippen molar-refractivity contribution < 1.29 is 9.21 Å². The van der Waals surface area contributed by atoms with Crippen molar-refractivity contribution in [2.75, 3.05) is 0 Å². The lowest BCUT2D eigenvalue weighted by atomic mass is 10.1. The first-order valence-corrected chi connectivity index (χ1v) is 6.10. The molecule has 2 aromatic heterocycles. The Morgan fingerprint density at radius 3 is 2.74 bits per heavy atom. The maximum Gasteiger partial charge on any atom is 0.231 e. The van der Waals surface area contributed by atoms with Gasteiger partial charge in [0, 0.05) is 18.1 Å². The highest BCUT2D eigenvalue weighted by molar-refractivity contribution is 6.09. The van der Waals surface area contributed by atoms with Crippen LogP contribution in [0.15, 0.2) is 34.9 Å². The van der Waals surface area contributed by atoms with Crippen molar-refractivity contribution in [1.29, 1.82) is 0 Å². The molecule has 0 spiro atoms. The lowest BCUT2D eigenvalue weighted by Gasteiger charge is -1.96. The lowest BCUT2D eigenvalue weighted by molar-refractivity contribution is 0.101. The Hall–Kier alpha value is -2.36. The first-order chi connectivity index (χ1) is 9.06. The topological polar surface area (TPSA) is 48.0 Å². The van der Waals surface area contributed by atoms with Crippen molar-refractivity contribution in [2.24, 2.45) is 7.05 Å². The van der Waals surface area contributed by atoms with Gasteiger partial charge in [-0.05, 0) is 32.0 Å². The van der Waals surface area contributed by atoms with Crippen LogP contribution in [0.25, 0.3) is 11.0 Å². The van der Waals surface area contributed by atoms with Crippen LogP contribution in [0.4, 0.5) is 0 Å². The van der Waals surface area contributed by atoms with E-state index in [0.29, 0.717) is 11.3 Å². The van der Waals surface area contributed by atoms with Gasteiger partial charge in [-0.15, -0.1) is 0 Å². The van der Waals surface area contributed by atoms with Crippen LogP contribution in [-0.2, 0) is 7.05 Å². The van der Waals surface area contributed by atoms with E-state index in [1.807, 2.05) is 39.1 Å². The summed E-state index contributed by atoms with van der Waals surface area (Å²) in [6.45, 7) is 3.88. The molecule has 4 heteroatoms. The summed E-state index contributed by atoms with van der Waals surface area (Å²) in [5.74, 6) is 0.233. The zero-order valence-corrected chi connectivity index (χ0v) is 11.1. The van der Waals surface area contributed by atoms with Crippen molar-refractivity contribution >= 4 is 16.8 Å². The molecule has 0 aliphatic carbocycles. The monoisotopic (exact) mass is 254 g/mol. The summed E-state index contributed by atoms with van der Waals surface area (Å²) in [5, 5.41) is 5.03. The Labute approximate surface area is 110 Å². The Morgan fingerprint density at radius 1 is 1.26 bits per heavy atom. The van der Waals surface area contributed by atoms with Crippen LogP contribution in [0.3, 0.4) is 0 Å². The summed E-state index contributed by atoms with van der Waals surface area (Å²) in [6, 6.07) is 7.65. The summed E-state index contributed by atoms with van der Waals surface area (Å²) in [7, 11) is 1.81. The summed E-state index contributed by atoms with van der Waals surface area (Å²) in [4.78, 5) is 12.4. The molecule has 0 saturated heterocycles. The number of rotatable bonds is 2. The van der Waals surface area contributed by atoms with Crippen LogP contribution in [0.1, 0.15) is 27.4 Å². The number of hydrogen-bond donors (Lipinski definition) is 0. The highest BCUT2D eigenvalue weighted by Crippen LogP contribution is 2.23. The second-order valence-electron chi connectivity index (χ2n) is 4.75. The molecule has 96 valence electrons. The van der Waals surface area contributed by atoms with Crippen LogP contribution < -0.4 is 0 Å². The number of hydrogen-bond acceptors (Lipinski definition) is 3. The maximum absolute atomic E-state index is 12.4. The molecule has 3 aromatic rings. The summed E-state index contributed by atoms with van der Waals surface area (Å²) in [5.41, 5.74) is 3.29. The molecule has 0 aliphatic rings. The van der Waals surface area contributed by atoms with Gasteiger partial charge in [-0.2, -0.15) is 5.10 Å². The summed E-state index contributed by atoms with van der Waals surface area (Å²) < 4.78 is 7.30. The fourth-order valence-corrected chi connectivity index (χ4v) is 2.13. The second-order valence-corrected chi connectivity index (χ2v) is 4.75. The van der Waals surface area contributed by atoms with E-state index in [2.05, 4.69) is 5.10 Å². The fourth-order valence-electron chi connectivity index (χ4n) is 2.13. The first kappa shape index (κ1) is 11.7. The van der Waals surface area contributed by atoms with Crippen LogP contribution in [0.2, 0.25) is 0 Å². The number of furan rings is 1. The Morgan fingerprint density at radius 2 is 2.05 bits per heavy atom. The van der Waals surface area contributed by atoms with Crippen molar-refractivity contribution in [1.82, 2.24) is 9.78 Å². The van der Waals surface area contributed by atoms with Crippen LogP contribution in [-0.4, -0.2) is 15.6 Å². The van der Waals surface area contributed by atoms with Gasteiger partial charge in [0.2, 0.25) is 5.78 Å². The lowest BCUT2D eigenvalue weighted by Crippen LogP contribution is -2.02. The summed E-state index contributed by atoms with van der Waals surface area (Å²) in [6.07, 6.45) is 1.58. The third-order valence-electron chi connectivity index (χ3n) is 3.38. The first-order valence-electron chi connectivity index (χ1n) is 6.10. The Kier molecular flexibility index (Phi) is 2.52. The third kappa shape index (κ3) is 1.85. The molecule has 3 rings (SSSR count). The number of aryl methyl sites for hydroxylation is 2. The Balaban J connectivity index is 2.09. The molecule has 2 heterocycles. The predicted octanol–water partition coefficient (Wildman–Crippen LogP) is 3.01. The molecule has 4 nitrogen and oxygen atoms in total. The molecular weight excluding hydrogens is 240 g/mol. The zero-order valence-electron chi connectivity index (χ0n) is 11.1. The molecule has 0 fully saturated rings. The minimum atomic E-state index is -0.126. The van der Waals surface area contributed by atoms with Gasteiger partial charge in [-0.25, -0.2) is 0 Å². The van der Waals surface area contributed by atoms with Gasteiger partial charge in [-0.3, -0.25) is 9.48 Å². The minimum Gasteiger partial charge on any atom is -0.453 e. The molecule has 0 radical (unpaired) electrons.